The Morgan fingerprint density at radius 2 is 2.15 bits per heavy atom. The normalized spacial score (nSPS) is 9.38. The molecule has 0 aliphatic rings. The summed E-state index contributed by atoms with van der Waals surface area (Å²) < 4.78 is 4.42. The first-order chi connectivity index (χ1) is 6.15. The third-order valence-corrected chi connectivity index (χ3v) is 1.46. The molecule has 0 atom stereocenters. The molecule has 0 aromatic carbocycles. The molecular weight excluding hydrogens is 172 g/mol. The number of esters is 1. The Hall–Kier alpha value is -1.78. The fourth-order valence-corrected chi connectivity index (χ4v) is 0.764. The SMILES string of the molecule is COC(=O)c1cc(C(C)=O)cnn1. The van der Waals surface area contributed by atoms with Crippen molar-refractivity contribution in [2.24, 2.45) is 0 Å². The van der Waals surface area contributed by atoms with E-state index >= 15 is 0 Å². The number of Topliss-reactive ketones (excluding diaryl/α,β-unsaturated/α-hetero) is 1. The van der Waals surface area contributed by atoms with Gasteiger partial charge >= 0.3 is 5.97 Å². The van der Waals surface area contributed by atoms with Crippen molar-refractivity contribution in [2.45, 2.75) is 6.92 Å². The van der Waals surface area contributed by atoms with Crippen LogP contribution in [0, 0.1) is 0 Å². The molecule has 1 heterocycles. The number of carbonyl (C=O) groups is 2. The largest absolute Gasteiger partial charge is 0.464 e. The summed E-state index contributed by atoms with van der Waals surface area (Å²) in [6.07, 6.45) is 1.30. The predicted octanol–water partition coefficient (Wildman–Crippen LogP) is 0.466. The highest BCUT2D eigenvalue weighted by atomic mass is 16.5. The van der Waals surface area contributed by atoms with Crippen LogP contribution in [0.25, 0.3) is 0 Å². The van der Waals surface area contributed by atoms with Gasteiger partial charge < -0.3 is 4.74 Å². The lowest BCUT2D eigenvalue weighted by molar-refractivity contribution is 0.0592. The van der Waals surface area contributed by atoms with Crippen molar-refractivity contribution < 1.29 is 14.3 Å². The molecule has 0 fully saturated rings. The van der Waals surface area contributed by atoms with E-state index in [4.69, 9.17) is 0 Å². The summed E-state index contributed by atoms with van der Waals surface area (Å²) >= 11 is 0. The highest BCUT2D eigenvalue weighted by Crippen LogP contribution is 2.01. The molecule has 0 aliphatic heterocycles. The molecule has 1 aromatic rings. The van der Waals surface area contributed by atoms with Crippen LogP contribution in [0.2, 0.25) is 0 Å². The molecule has 0 saturated carbocycles. The maximum Gasteiger partial charge on any atom is 0.358 e. The number of ether oxygens (including phenoxy) is 1. The minimum atomic E-state index is -0.601. The van der Waals surface area contributed by atoms with Crippen molar-refractivity contribution in [3.8, 4) is 0 Å². The van der Waals surface area contributed by atoms with Crippen LogP contribution in [0.4, 0.5) is 0 Å². The van der Waals surface area contributed by atoms with Gasteiger partial charge in [-0.1, -0.05) is 0 Å². The van der Waals surface area contributed by atoms with E-state index in [0.29, 0.717) is 5.56 Å². The van der Waals surface area contributed by atoms with Crippen LogP contribution in [0.1, 0.15) is 27.8 Å². The summed E-state index contributed by atoms with van der Waals surface area (Å²) in [5, 5.41) is 7.02. The lowest BCUT2D eigenvalue weighted by Gasteiger charge is -1.98. The topological polar surface area (TPSA) is 69.2 Å². The van der Waals surface area contributed by atoms with Crippen LogP contribution < -0.4 is 0 Å². The van der Waals surface area contributed by atoms with Crippen molar-refractivity contribution in [3.05, 3.63) is 23.5 Å². The molecule has 0 aliphatic carbocycles. The number of rotatable bonds is 2. The van der Waals surface area contributed by atoms with Gasteiger partial charge in [0.1, 0.15) is 0 Å². The van der Waals surface area contributed by atoms with Crippen molar-refractivity contribution >= 4 is 11.8 Å². The maximum absolute atomic E-state index is 11.0. The molecule has 5 heteroatoms. The molecule has 0 amide bonds. The Kier molecular flexibility index (Phi) is 2.69. The Balaban J connectivity index is 3.05. The van der Waals surface area contributed by atoms with Gasteiger partial charge in [-0.2, -0.15) is 5.10 Å². The molecule has 0 saturated heterocycles. The summed E-state index contributed by atoms with van der Waals surface area (Å²) in [7, 11) is 1.24. The van der Waals surface area contributed by atoms with E-state index in [0.717, 1.165) is 0 Å². The second-order valence-electron chi connectivity index (χ2n) is 2.38. The zero-order valence-corrected chi connectivity index (χ0v) is 7.27. The predicted molar refractivity (Wildman–Crippen MR) is 43.4 cm³/mol. The number of ketones is 1. The average molecular weight is 180 g/mol. The molecule has 1 rings (SSSR count). The smallest absolute Gasteiger partial charge is 0.358 e. The van der Waals surface area contributed by atoms with E-state index in [1.54, 1.807) is 0 Å². The fraction of sp³-hybridized carbons (Fsp3) is 0.250. The van der Waals surface area contributed by atoms with Gasteiger partial charge in [-0.15, -0.1) is 5.10 Å². The first-order valence-corrected chi connectivity index (χ1v) is 3.57. The van der Waals surface area contributed by atoms with Crippen LogP contribution in [0.3, 0.4) is 0 Å². The Morgan fingerprint density at radius 1 is 1.46 bits per heavy atom. The molecule has 1 aromatic heterocycles. The zero-order chi connectivity index (χ0) is 9.84. The van der Waals surface area contributed by atoms with Crippen LogP contribution in [0.5, 0.6) is 0 Å². The summed E-state index contributed by atoms with van der Waals surface area (Å²) in [4.78, 5) is 21.8. The standard InChI is InChI=1S/C8H8N2O3/c1-5(11)6-3-7(8(12)13-2)10-9-4-6/h3-4H,1-2H3. The minimum Gasteiger partial charge on any atom is -0.464 e. The van der Waals surface area contributed by atoms with Gasteiger partial charge in [0.15, 0.2) is 11.5 Å². The molecule has 0 radical (unpaired) electrons. The molecule has 0 bridgehead atoms. The fourth-order valence-electron chi connectivity index (χ4n) is 0.764. The van der Waals surface area contributed by atoms with Crippen molar-refractivity contribution in [1.82, 2.24) is 10.2 Å². The van der Waals surface area contributed by atoms with Gasteiger partial charge in [-0.05, 0) is 13.0 Å². The summed E-state index contributed by atoms with van der Waals surface area (Å²) in [5.74, 6) is -0.768. The number of hydrogen-bond acceptors (Lipinski definition) is 5. The van der Waals surface area contributed by atoms with E-state index in [-0.39, 0.29) is 11.5 Å². The third kappa shape index (κ3) is 2.08. The van der Waals surface area contributed by atoms with E-state index in [2.05, 4.69) is 14.9 Å². The van der Waals surface area contributed by atoms with Gasteiger partial charge in [0, 0.05) is 5.56 Å². The maximum atomic E-state index is 11.0. The zero-order valence-electron chi connectivity index (χ0n) is 7.27. The highest BCUT2D eigenvalue weighted by Gasteiger charge is 2.09. The quantitative estimate of drug-likeness (QED) is 0.488. The molecule has 5 nitrogen and oxygen atoms in total. The molecule has 68 valence electrons. The number of aromatic nitrogens is 2. The van der Waals surface area contributed by atoms with Gasteiger partial charge in [0.2, 0.25) is 0 Å². The van der Waals surface area contributed by atoms with Gasteiger partial charge in [0.05, 0.1) is 13.3 Å². The molecule has 13 heavy (non-hydrogen) atoms. The van der Waals surface area contributed by atoms with E-state index in [1.807, 2.05) is 0 Å². The lowest BCUT2D eigenvalue weighted by atomic mass is 10.2. The first kappa shape index (κ1) is 9.31. The van der Waals surface area contributed by atoms with E-state index < -0.39 is 5.97 Å². The highest BCUT2D eigenvalue weighted by molar-refractivity contribution is 5.96. The molecule has 0 spiro atoms. The monoisotopic (exact) mass is 180 g/mol. The van der Waals surface area contributed by atoms with Gasteiger partial charge in [-0.25, -0.2) is 4.79 Å². The summed E-state index contributed by atoms with van der Waals surface area (Å²) in [6, 6.07) is 1.35. The summed E-state index contributed by atoms with van der Waals surface area (Å²) in [5.41, 5.74) is 0.380. The van der Waals surface area contributed by atoms with Crippen molar-refractivity contribution in [3.63, 3.8) is 0 Å². The van der Waals surface area contributed by atoms with Crippen LogP contribution in [-0.4, -0.2) is 29.1 Å². The number of methoxy groups -OCH3 is 1. The third-order valence-electron chi connectivity index (χ3n) is 1.46. The van der Waals surface area contributed by atoms with Gasteiger partial charge in [-0.3, -0.25) is 4.79 Å². The second kappa shape index (κ2) is 3.75. The van der Waals surface area contributed by atoms with Crippen molar-refractivity contribution in [1.29, 1.82) is 0 Å². The van der Waals surface area contributed by atoms with Crippen LogP contribution in [-0.2, 0) is 4.74 Å². The van der Waals surface area contributed by atoms with E-state index in [1.165, 1.54) is 26.3 Å². The molecule has 0 N–H and O–H groups in total. The van der Waals surface area contributed by atoms with E-state index in [9.17, 15) is 9.59 Å². The minimum absolute atomic E-state index is 0.0372. The number of nitrogens with zero attached hydrogens (tertiary/aromatic N) is 2. The second-order valence-corrected chi connectivity index (χ2v) is 2.38. The lowest BCUT2D eigenvalue weighted by Crippen LogP contribution is -2.07. The summed E-state index contributed by atoms with van der Waals surface area (Å²) in [6.45, 7) is 1.39. The first-order valence-electron chi connectivity index (χ1n) is 3.57. The number of hydrogen-bond donors (Lipinski definition) is 0. The van der Waals surface area contributed by atoms with Crippen LogP contribution >= 0.6 is 0 Å². The molecular formula is C8H8N2O3. The molecule has 0 unspecified atom stereocenters. The van der Waals surface area contributed by atoms with Crippen LogP contribution in [0.15, 0.2) is 12.3 Å². The Labute approximate surface area is 74.7 Å². The van der Waals surface area contributed by atoms with Crippen molar-refractivity contribution in [2.75, 3.05) is 7.11 Å². The average Bonchev–Trinajstić information content (AvgIpc) is 2.17. The van der Waals surface area contributed by atoms with Gasteiger partial charge in [0.25, 0.3) is 0 Å². The number of carbonyl (C=O) groups excluding carboxylic acids is 2. The Bertz CT molecular complexity index is 349. The Morgan fingerprint density at radius 3 is 2.69 bits per heavy atom.